The molecule has 1 N–H and O–H groups in total. The fourth-order valence-corrected chi connectivity index (χ4v) is 3.55. The summed E-state index contributed by atoms with van der Waals surface area (Å²) >= 11 is 3.41. The molecule has 2 fully saturated rings. The van der Waals surface area contributed by atoms with E-state index < -0.39 is 0 Å². The predicted octanol–water partition coefficient (Wildman–Crippen LogP) is 1.88. The van der Waals surface area contributed by atoms with E-state index >= 15 is 0 Å². The molecule has 0 aliphatic carbocycles. The number of piperidine rings is 1. The van der Waals surface area contributed by atoms with E-state index in [1.165, 1.54) is 0 Å². The third-order valence-corrected chi connectivity index (χ3v) is 5.19. The van der Waals surface area contributed by atoms with Gasteiger partial charge in [-0.05, 0) is 54.4 Å². The minimum Gasteiger partial charge on any atom is -0.353 e. The third kappa shape index (κ3) is 3.27. The van der Waals surface area contributed by atoms with Crippen LogP contribution in [0.5, 0.6) is 0 Å². The number of rotatable bonds is 2. The normalized spacial score (nSPS) is 26.1. The van der Waals surface area contributed by atoms with Crippen molar-refractivity contribution in [3.63, 3.8) is 0 Å². The molecule has 0 spiro atoms. The molecule has 120 valence electrons. The Balaban J connectivity index is 1.59. The van der Waals surface area contributed by atoms with Crippen LogP contribution < -0.4 is 10.2 Å². The van der Waals surface area contributed by atoms with Gasteiger partial charge in [0.05, 0.1) is 5.41 Å². The smallest absolute Gasteiger partial charge is 0.229 e. The largest absolute Gasteiger partial charge is 0.353 e. The van der Waals surface area contributed by atoms with Crippen LogP contribution in [0.15, 0.2) is 22.8 Å². The first kappa shape index (κ1) is 15.7. The molecule has 22 heavy (non-hydrogen) atoms. The van der Waals surface area contributed by atoms with Gasteiger partial charge in [0.25, 0.3) is 0 Å². The van der Waals surface area contributed by atoms with Crippen LogP contribution >= 0.6 is 15.9 Å². The fraction of sp³-hybridized carbons (Fsp3) is 0.625. The van der Waals surface area contributed by atoms with Gasteiger partial charge in [0.2, 0.25) is 5.91 Å². The van der Waals surface area contributed by atoms with Crippen molar-refractivity contribution in [1.29, 1.82) is 0 Å². The van der Waals surface area contributed by atoms with E-state index in [2.05, 4.69) is 38.1 Å². The zero-order valence-electron chi connectivity index (χ0n) is 13.0. The quantitative estimate of drug-likeness (QED) is 0.867. The first-order valence-corrected chi connectivity index (χ1v) is 8.74. The van der Waals surface area contributed by atoms with Crippen molar-refractivity contribution in [2.45, 2.75) is 19.8 Å². The van der Waals surface area contributed by atoms with Crippen molar-refractivity contribution in [3.05, 3.63) is 22.8 Å². The van der Waals surface area contributed by atoms with Gasteiger partial charge >= 0.3 is 0 Å². The van der Waals surface area contributed by atoms with Gasteiger partial charge < -0.3 is 15.1 Å². The number of halogens is 1. The van der Waals surface area contributed by atoms with Crippen LogP contribution in [0.2, 0.25) is 0 Å². The Bertz CT molecular complexity index is 519. The van der Waals surface area contributed by atoms with Crippen LogP contribution in [0.4, 0.5) is 5.82 Å². The van der Waals surface area contributed by atoms with Crippen LogP contribution in [0.1, 0.15) is 19.8 Å². The van der Waals surface area contributed by atoms with Crippen molar-refractivity contribution in [2.75, 3.05) is 44.2 Å². The Morgan fingerprint density at radius 1 is 1.32 bits per heavy atom. The van der Waals surface area contributed by atoms with Gasteiger partial charge in [-0.15, -0.1) is 0 Å². The molecular weight excluding hydrogens is 344 g/mol. The fourth-order valence-electron chi connectivity index (χ4n) is 3.31. The average molecular weight is 367 g/mol. The number of aromatic nitrogens is 1. The molecule has 2 saturated heterocycles. The Morgan fingerprint density at radius 3 is 2.68 bits per heavy atom. The SMILES string of the molecule is CC1(C(=O)N2CCN(c3ccc(Br)cn3)CC2)CCCNC1. The first-order chi connectivity index (χ1) is 10.6. The van der Waals surface area contributed by atoms with Crippen LogP contribution in [0, 0.1) is 5.41 Å². The summed E-state index contributed by atoms with van der Waals surface area (Å²) in [6.45, 7) is 7.21. The summed E-state index contributed by atoms with van der Waals surface area (Å²) in [7, 11) is 0. The summed E-state index contributed by atoms with van der Waals surface area (Å²) < 4.78 is 0.989. The minimum absolute atomic E-state index is 0.226. The predicted molar refractivity (Wildman–Crippen MR) is 90.9 cm³/mol. The molecule has 0 radical (unpaired) electrons. The second-order valence-electron chi connectivity index (χ2n) is 6.45. The first-order valence-electron chi connectivity index (χ1n) is 7.95. The maximum atomic E-state index is 12.8. The van der Waals surface area contributed by atoms with Gasteiger partial charge in [-0.3, -0.25) is 4.79 Å². The molecule has 3 rings (SSSR count). The van der Waals surface area contributed by atoms with Gasteiger partial charge in [-0.1, -0.05) is 0 Å². The number of hydrogen-bond acceptors (Lipinski definition) is 4. The molecule has 1 amide bonds. The summed E-state index contributed by atoms with van der Waals surface area (Å²) in [5.74, 6) is 1.30. The molecule has 6 heteroatoms. The number of nitrogens with one attached hydrogen (secondary N) is 1. The van der Waals surface area contributed by atoms with Crippen molar-refractivity contribution in [1.82, 2.24) is 15.2 Å². The zero-order chi connectivity index (χ0) is 15.6. The molecule has 5 nitrogen and oxygen atoms in total. The number of anilines is 1. The van der Waals surface area contributed by atoms with Crippen molar-refractivity contribution in [3.8, 4) is 0 Å². The van der Waals surface area contributed by atoms with Gasteiger partial charge in [0.1, 0.15) is 5.82 Å². The monoisotopic (exact) mass is 366 g/mol. The highest BCUT2D eigenvalue weighted by molar-refractivity contribution is 9.10. The number of hydrogen-bond donors (Lipinski definition) is 1. The highest BCUT2D eigenvalue weighted by Crippen LogP contribution is 2.28. The zero-order valence-corrected chi connectivity index (χ0v) is 14.6. The number of nitrogens with zero attached hydrogens (tertiary/aromatic N) is 3. The molecule has 0 aromatic carbocycles. The average Bonchev–Trinajstić information content (AvgIpc) is 2.56. The Hall–Kier alpha value is -1.14. The number of carbonyl (C=O) groups excluding carboxylic acids is 1. The standard InChI is InChI=1S/C16H23BrN4O/c1-16(5-2-6-18-12-16)15(22)21-9-7-20(8-10-21)14-4-3-13(17)11-19-14/h3-4,11,18H,2,5-10,12H2,1H3. The molecule has 1 aromatic rings. The molecule has 3 heterocycles. The van der Waals surface area contributed by atoms with Crippen LogP contribution in [-0.4, -0.2) is 55.1 Å². The lowest BCUT2D eigenvalue weighted by Gasteiger charge is -2.41. The van der Waals surface area contributed by atoms with E-state index in [-0.39, 0.29) is 5.41 Å². The van der Waals surface area contributed by atoms with Gasteiger partial charge in [-0.25, -0.2) is 4.98 Å². The number of piperazine rings is 1. The summed E-state index contributed by atoms with van der Waals surface area (Å²) in [5.41, 5.74) is -0.226. The summed E-state index contributed by atoms with van der Waals surface area (Å²) in [6, 6.07) is 4.03. The molecule has 0 bridgehead atoms. The number of amides is 1. The van der Waals surface area contributed by atoms with Crippen molar-refractivity contribution < 1.29 is 4.79 Å². The van der Waals surface area contributed by atoms with Gasteiger partial charge in [-0.2, -0.15) is 0 Å². The summed E-state index contributed by atoms with van der Waals surface area (Å²) in [4.78, 5) is 21.5. The third-order valence-electron chi connectivity index (χ3n) is 4.72. The maximum Gasteiger partial charge on any atom is 0.229 e. The molecule has 2 aliphatic rings. The Labute approximate surface area is 140 Å². The van der Waals surface area contributed by atoms with E-state index in [4.69, 9.17) is 0 Å². The van der Waals surface area contributed by atoms with Crippen LogP contribution in [-0.2, 0) is 4.79 Å². The molecular formula is C16H23BrN4O. The van der Waals surface area contributed by atoms with E-state index in [0.717, 1.165) is 62.4 Å². The van der Waals surface area contributed by atoms with E-state index in [0.29, 0.717) is 5.91 Å². The summed E-state index contributed by atoms with van der Waals surface area (Å²) in [5, 5.41) is 3.36. The van der Waals surface area contributed by atoms with Gasteiger partial charge in [0.15, 0.2) is 0 Å². The van der Waals surface area contributed by atoms with Gasteiger partial charge in [0, 0.05) is 43.4 Å². The highest BCUT2D eigenvalue weighted by atomic mass is 79.9. The number of carbonyl (C=O) groups is 1. The van der Waals surface area contributed by atoms with Crippen molar-refractivity contribution in [2.24, 2.45) is 5.41 Å². The molecule has 1 unspecified atom stereocenters. The lowest BCUT2D eigenvalue weighted by Crippen LogP contribution is -2.56. The van der Waals surface area contributed by atoms with Crippen LogP contribution in [0.3, 0.4) is 0 Å². The van der Waals surface area contributed by atoms with E-state index in [1.807, 2.05) is 23.2 Å². The Morgan fingerprint density at radius 2 is 2.09 bits per heavy atom. The summed E-state index contributed by atoms with van der Waals surface area (Å²) in [6.07, 6.45) is 3.90. The second kappa shape index (κ2) is 6.54. The highest BCUT2D eigenvalue weighted by Gasteiger charge is 2.38. The second-order valence-corrected chi connectivity index (χ2v) is 7.37. The lowest BCUT2D eigenvalue weighted by molar-refractivity contribution is -0.142. The van der Waals surface area contributed by atoms with Crippen molar-refractivity contribution >= 4 is 27.7 Å². The van der Waals surface area contributed by atoms with E-state index in [1.54, 1.807) is 0 Å². The lowest BCUT2D eigenvalue weighted by atomic mass is 9.81. The molecule has 2 aliphatic heterocycles. The van der Waals surface area contributed by atoms with Crippen LogP contribution in [0.25, 0.3) is 0 Å². The Kier molecular flexibility index (Phi) is 4.68. The topological polar surface area (TPSA) is 48.5 Å². The molecule has 0 saturated carbocycles. The van der Waals surface area contributed by atoms with E-state index in [9.17, 15) is 4.79 Å². The minimum atomic E-state index is -0.226. The maximum absolute atomic E-state index is 12.8. The molecule has 1 atom stereocenters. The molecule has 1 aromatic heterocycles. The number of pyridine rings is 1.